The van der Waals surface area contributed by atoms with Crippen molar-refractivity contribution in [3.05, 3.63) is 88.4 Å². The molecule has 0 aliphatic carbocycles. The van der Waals surface area contributed by atoms with E-state index in [0.29, 0.717) is 18.8 Å². The third-order valence-corrected chi connectivity index (χ3v) is 4.06. The van der Waals surface area contributed by atoms with Gasteiger partial charge in [0, 0.05) is 37.7 Å². The molecule has 2 heterocycles. The summed E-state index contributed by atoms with van der Waals surface area (Å²) in [6, 6.07) is 9.03. The van der Waals surface area contributed by atoms with Gasteiger partial charge in [-0.05, 0) is 17.2 Å². The molecule has 0 unspecified atom stereocenters. The molecule has 0 radical (unpaired) electrons. The summed E-state index contributed by atoms with van der Waals surface area (Å²) in [7, 11) is 0. The van der Waals surface area contributed by atoms with Gasteiger partial charge < -0.3 is 14.5 Å². The second kappa shape index (κ2) is 8.12. The summed E-state index contributed by atoms with van der Waals surface area (Å²) in [5.41, 5.74) is 0.239. The van der Waals surface area contributed by atoms with E-state index >= 15 is 0 Å². The average molecular weight is 390 g/mol. The molecule has 0 spiro atoms. The summed E-state index contributed by atoms with van der Waals surface area (Å²) < 4.78 is 40.9. The molecule has 1 N–H and O–H groups in total. The summed E-state index contributed by atoms with van der Waals surface area (Å²) in [5.74, 6) is -0.552. The monoisotopic (exact) mass is 390 g/mol. The Balaban J connectivity index is 1.56. The van der Waals surface area contributed by atoms with E-state index in [-0.39, 0.29) is 6.54 Å². The van der Waals surface area contributed by atoms with Crippen LogP contribution in [0.2, 0.25) is 0 Å². The van der Waals surface area contributed by atoms with Gasteiger partial charge in [-0.1, -0.05) is 24.3 Å². The molecule has 1 amide bonds. The van der Waals surface area contributed by atoms with Gasteiger partial charge in [-0.15, -0.1) is 0 Å². The van der Waals surface area contributed by atoms with Gasteiger partial charge in [0.2, 0.25) is 5.91 Å². The van der Waals surface area contributed by atoms with Crippen molar-refractivity contribution in [3.8, 4) is 0 Å². The van der Waals surface area contributed by atoms with Crippen LogP contribution in [-0.2, 0) is 30.6 Å². The maximum Gasteiger partial charge on any atom is 0.417 e. The zero-order chi connectivity index (χ0) is 20.1. The lowest BCUT2D eigenvalue weighted by atomic mass is 10.1. The third kappa shape index (κ3) is 5.09. The molecule has 28 heavy (non-hydrogen) atoms. The minimum Gasteiger partial charge on any atom is -0.350 e. The number of rotatable bonds is 6. The molecule has 1 aromatic carbocycles. The second-order valence-electron chi connectivity index (χ2n) is 6.21. The van der Waals surface area contributed by atoms with Crippen LogP contribution >= 0.6 is 0 Å². The van der Waals surface area contributed by atoms with Crippen molar-refractivity contribution < 1.29 is 18.0 Å². The third-order valence-electron chi connectivity index (χ3n) is 4.06. The molecule has 9 heteroatoms. The van der Waals surface area contributed by atoms with Gasteiger partial charge in [-0.25, -0.2) is 4.98 Å². The highest BCUT2D eigenvalue weighted by molar-refractivity contribution is 5.75. The number of alkyl halides is 3. The van der Waals surface area contributed by atoms with Crippen molar-refractivity contribution in [3.63, 3.8) is 0 Å². The topological polar surface area (TPSA) is 68.9 Å². The molecule has 0 saturated heterocycles. The Hall–Kier alpha value is -3.36. The van der Waals surface area contributed by atoms with Gasteiger partial charge in [0.1, 0.15) is 6.54 Å². The molecule has 0 saturated carbocycles. The van der Waals surface area contributed by atoms with Gasteiger partial charge in [-0.2, -0.15) is 13.2 Å². The van der Waals surface area contributed by atoms with Crippen LogP contribution in [0.15, 0.2) is 66.1 Å². The number of halogens is 3. The van der Waals surface area contributed by atoms with Gasteiger partial charge in [0.25, 0.3) is 5.56 Å². The van der Waals surface area contributed by atoms with Crippen molar-refractivity contribution in [2.24, 2.45) is 0 Å². The van der Waals surface area contributed by atoms with Crippen LogP contribution in [0.4, 0.5) is 13.2 Å². The molecule has 0 aliphatic rings. The average Bonchev–Trinajstić information content (AvgIpc) is 3.15. The first-order chi connectivity index (χ1) is 13.3. The Labute approximate surface area is 158 Å². The number of carbonyl (C=O) groups is 1. The first kappa shape index (κ1) is 19.4. The fourth-order valence-electron chi connectivity index (χ4n) is 2.59. The number of aromatic nitrogens is 3. The van der Waals surface area contributed by atoms with Crippen LogP contribution in [0, 0.1) is 0 Å². The number of imidazole rings is 1. The van der Waals surface area contributed by atoms with Crippen LogP contribution in [0.5, 0.6) is 0 Å². The van der Waals surface area contributed by atoms with Gasteiger partial charge in [0.15, 0.2) is 0 Å². The zero-order valence-corrected chi connectivity index (χ0v) is 14.7. The summed E-state index contributed by atoms with van der Waals surface area (Å²) in [6.07, 6.45) is 1.32. The largest absolute Gasteiger partial charge is 0.417 e. The molecule has 146 valence electrons. The summed E-state index contributed by atoms with van der Waals surface area (Å²) in [6.45, 7) is 0.393. The van der Waals surface area contributed by atoms with E-state index in [2.05, 4.69) is 10.3 Å². The number of amides is 1. The molecular weight excluding hydrogens is 373 g/mol. The number of hydrogen-bond donors (Lipinski definition) is 1. The standard InChI is InChI=1S/C19H17F3N4O2/c20-19(21,22)16-5-6-18(28)26(11-16)12-17(27)24-9-14-1-3-15(4-2-14)10-25-8-7-23-13-25/h1-8,11,13H,9-10,12H2,(H,24,27). The lowest BCUT2D eigenvalue weighted by molar-refractivity contribution is -0.138. The van der Waals surface area contributed by atoms with Crippen LogP contribution in [0.3, 0.4) is 0 Å². The van der Waals surface area contributed by atoms with Crippen LogP contribution in [-0.4, -0.2) is 20.0 Å². The number of hydrogen-bond acceptors (Lipinski definition) is 3. The van der Waals surface area contributed by atoms with E-state index in [0.717, 1.165) is 21.8 Å². The summed E-state index contributed by atoms with van der Waals surface area (Å²) in [5, 5.41) is 2.60. The molecule has 0 atom stereocenters. The molecular formula is C19H17F3N4O2. The maximum atomic E-state index is 12.7. The van der Waals surface area contributed by atoms with E-state index in [1.807, 2.05) is 35.0 Å². The van der Waals surface area contributed by atoms with E-state index in [1.54, 1.807) is 12.5 Å². The predicted molar refractivity (Wildman–Crippen MR) is 95.3 cm³/mol. The number of nitrogens with zero attached hydrogens (tertiary/aromatic N) is 3. The first-order valence-electron chi connectivity index (χ1n) is 8.39. The fourth-order valence-corrected chi connectivity index (χ4v) is 2.59. The van der Waals surface area contributed by atoms with Crippen LogP contribution in [0.25, 0.3) is 0 Å². The van der Waals surface area contributed by atoms with Crippen molar-refractivity contribution in [1.29, 1.82) is 0 Å². The lowest BCUT2D eigenvalue weighted by Crippen LogP contribution is -2.32. The Kier molecular flexibility index (Phi) is 5.62. The molecule has 0 bridgehead atoms. The molecule has 6 nitrogen and oxygen atoms in total. The van der Waals surface area contributed by atoms with Gasteiger partial charge >= 0.3 is 6.18 Å². The van der Waals surface area contributed by atoms with Crippen molar-refractivity contribution in [2.45, 2.75) is 25.8 Å². The van der Waals surface area contributed by atoms with Crippen molar-refractivity contribution in [2.75, 3.05) is 0 Å². The fraction of sp³-hybridized carbons (Fsp3) is 0.211. The highest BCUT2D eigenvalue weighted by Crippen LogP contribution is 2.27. The Morgan fingerprint density at radius 2 is 1.79 bits per heavy atom. The van der Waals surface area contributed by atoms with Crippen molar-refractivity contribution >= 4 is 5.91 Å². The number of pyridine rings is 1. The summed E-state index contributed by atoms with van der Waals surface area (Å²) in [4.78, 5) is 27.7. The minimum absolute atomic E-state index is 0.206. The minimum atomic E-state index is -4.58. The Bertz CT molecular complexity index is 993. The summed E-state index contributed by atoms with van der Waals surface area (Å²) >= 11 is 0. The number of benzene rings is 1. The normalized spacial score (nSPS) is 11.4. The van der Waals surface area contributed by atoms with Gasteiger partial charge in [0.05, 0.1) is 11.9 Å². The van der Waals surface area contributed by atoms with E-state index in [9.17, 15) is 22.8 Å². The molecule has 3 rings (SSSR count). The molecule has 2 aromatic heterocycles. The Morgan fingerprint density at radius 3 is 2.43 bits per heavy atom. The van der Waals surface area contributed by atoms with E-state index in [1.165, 1.54) is 0 Å². The number of nitrogens with one attached hydrogen (secondary N) is 1. The Morgan fingerprint density at radius 1 is 1.07 bits per heavy atom. The van der Waals surface area contributed by atoms with E-state index < -0.39 is 29.8 Å². The molecule has 0 fully saturated rings. The van der Waals surface area contributed by atoms with Gasteiger partial charge in [-0.3, -0.25) is 9.59 Å². The highest BCUT2D eigenvalue weighted by atomic mass is 19.4. The molecule has 3 aromatic rings. The van der Waals surface area contributed by atoms with E-state index in [4.69, 9.17) is 0 Å². The number of carbonyl (C=O) groups excluding carboxylic acids is 1. The molecule has 0 aliphatic heterocycles. The highest BCUT2D eigenvalue weighted by Gasteiger charge is 2.31. The van der Waals surface area contributed by atoms with Crippen molar-refractivity contribution in [1.82, 2.24) is 19.4 Å². The first-order valence-corrected chi connectivity index (χ1v) is 8.39. The van der Waals surface area contributed by atoms with Crippen LogP contribution in [0.1, 0.15) is 16.7 Å². The smallest absolute Gasteiger partial charge is 0.350 e. The van der Waals surface area contributed by atoms with Crippen LogP contribution < -0.4 is 10.9 Å². The second-order valence-corrected chi connectivity index (χ2v) is 6.21. The zero-order valence-electron chi connectivity index (χ0n) is 14.7. The SMILES string of the molecule is O=C(Cn1cc(C(F)(F)F)ccc1=O)NCc1ccc(Cn2ccnc2)cc1. The predicted octanol–water partition coefficient (Wildman–Crippen LogP) is 2.43. The quantitative estimate of drug-likeness (QED) is 0.703. The maximum absolute atomic E-state index is 12.7. The lowest BCUT2D eigenvalue weighted by Gasteiger charge is -2.11.